The zero-order valence-electron chi connectivity index (χ0n) is 5.99. The summed E-state index contributed by atoms with van der Waals surface area (Å²) in [5.74, 6) is 0. The van der Waals surface area contributed by atoms with Gasteiger partial charge in [0.2, 0.25) is 0 Å². The second-order valence-electron chi connectivity index (χ2n) is 1.94. The molecule has 0 saturated heterocycles. The fourth-order valence-corrected chi connectivity index (χ4v) is 0.638. The zero-order chi connectivity index (χ0) is 7.23. The van der Waals surface area contributed by atoms with Crippen molar-refractivity contribution < 1.29 is 0 Å². The highest BCUT2D eigenvalue weighted by Gasteiger charge is 1.81. The van der Waals surface area contributed by atoms with Gasteiger partial charge in [-0.25, -0.2) is 9.97 Å². The molecule has 0 unspecified atom stereocenters. The van der Waals surface area contributed by atoms with Crippen LogP contribution in [0.15, 0.2) is 24.7 Å². The van der Waals surface area contributed by atoms with E-state index in [1.54, 1.807) is 12.5 Å². The van der Waals surface area contributed by atoms with E-state index in [1.165, 1.54) is 0 Å². The molecule has 1 rings (SSSR count). The van der Waals surface area contributed by atoms with Gasteiger partial charge < -0.3 is 0 Å². The molecule has 0 aromatic carbocycles. The fourth-order valence-electron chi connectivity index (χ4n) is 0.638. The molecule has 2 nitrogen and oxygen atoms in total. The molecular formula is C8H10N2. The van der Waals surface area contributed by atoms with Crippen LogP contribution in [0.3, 0.4) is 0 Å². The highest BCUT2D eigenvalue weighted by molar-refractivity contribution is 5.42. The third-order valence-corrected chi connectivity index (χ3v) is 1.13. The first kappa shape index (κ1) is 6.93. The second kappa shape index (κ2) is 3.77. The highest BCUT2D eigenvalue weighted by atomic mass is 14.8. The lowest BCUT2D eigenvalue weighted by atomic mass is 10.3. The Kier molecular flexibility index (Phi) is 2.62. The second-order valence-corrected chi connectivity index (χ2v) is 1.94. The van der Waals surface area contributed by atoms with Gasteiger partial charge in [0.05, 0.1) is 5.69 Å². The Morgan fingerprint density at radius 2 is 2.50 bits per heavy atom. The average molecular weight is 134 g/mol. The van der Waals surface area contributed by atoms with Crippen LogP contribution in [-0.4, -0.2) is 9.97 Å². The average Bonchev–Trinajstić information content (AvgIpc) is 2.03. The molecule has 0 N–H and O–H groups in total. The van der Waals surface area contributed by atoms with Gasteiger partial charge in [0.15, 0.2) is 0 Å². The van der Waals surface area contributed by atoms with Crippen molar-refractivity contribution >= 4 is 6.08 Å². The van der Waals surface area contributed by atoms with Crippen LogP contribution in [0.2, 0.25) is 0 Å². The molecule has 52 valence electrons. The third kappa shape index (κ3) is 1.97. The third-order valence-electron chi connectivity index (χ3n) is 1.13. The van der Waals surface area contributed by atoms with Crippen LogP contribution >= 0.6 is 0 Å². The van der Waals surface area contributed by atoms with Gasteiger partial charge in [0.1, 0.15) is 6.33 Å². The van der Waals surface area contributed by atoms with Gasteiger partial charge in [0, 0.05) is 6.20 Å². The molecule has 0 atom stereocenters. The van der Waals surface area contributed by atoms with Gasteiger partial charge in [-0.3, -0.25) is 0 Å². The van der Waals surface area contributed by atoms with Gasteiger partial charge >= 0.3 is 0 Å². The molecule has 1 aromatic heterocycles. The SMILES string of the molecule is CCC=Cc1ccncn1. The van der Waals surface area contributed by atoms with Gasteiger partial charge in [-0.2, -0.15) is 0 Å². The Balaban J connectivity index is 2.67. The molecule has 0 spiro atoms. The van der Waals surface area contributed by atoms with Gasteiger partial charge in [-0.05, 0) is 18.6 Å². The van der Waals surface area contributed by atoms with Gasteiger partial charge in [0.25, 0.3) is 0 Å². The van der Waals surface area contributed by atoms with Crippen LogP contribution < -0.4 is 0 Å². The Bertz CT molecular complexity index is 204. The Morgan fingerprint density at radius 3 is 3.10 bits per heavy atom. The van der Waals surface area contributed by atoms with E-state index in [1.807, 2.05) is 12.1 Å². The van der Waals surface area contributed by atoms with Crippen molar-refractivity contribution in [3.8, 4) is 0 Å². The fraction of sp³-hybridized carbons (Fsp3) is 0.250. The Labute approximate surface area is 60.6 Å². The standard InChI is InChI=1S/C8H10N2/c1-2-3-4-8-5-6-9-7-10-8/h3-7H,2H2,1H3. The van der Waals surface area contributed by atoms with Crippen LogP contribution in [-0.2, 0) is 0 Å². The van der Waals surface area contributed by atoms with E-state index in [0.717, 1.165) is 12.1 Å². The summed E-state index contributed by atoms with van der Waals surface area (Å²) in [5.41, 5.74) is 0.969. The molecule has 0 fully saturated rings. The van der Waals surface area contributed by atoms with E-state index >= 15 is 0 Å². The summed E-state index contributed by atoms with van der Waals surface area (Å²) in [5, 5.41) is 0. The number of hydrogen-bond donors (Lipinski definition) is 0. The van der Waals surface area contributed by atoms with E-state index in [9.17, 15) is 0 Å². The molecule has 0 aliphatic rings. The molecular weight excluding hydrogens is 124 g/mol. The number of hydrogen-bond acceptors (Lipinski definition) is 2. The van der Waals surface area contributed by atoms with E-state index in [2.05, 4.69) is 23.0 Å². The van der Waals surface area contributed by atoms with Crippen molar-refractivity contribution in [2.75, 3.05) is 0 Å². The van der Waals surface area contributed by atoms with Crippen molar-refractivity contribution in [3.05, 3.63) is 30.4 Å². The number of rotatable bonds is 2. The topological polar surface area (TPSA) is 25.8 Å². The van der Waals surface area contributed by atoms with E-state index in [4.69, 9.17) is 0 Å². The lowest BCUT2D eigenvalue weighted by Gasteiger charge is -1.86. The summed E-state index contributed by atoms with van der Waals surface area (Å²) in [6.45, 7) is 2.09. The van der Waals surface area contributed by atoms with Crippen molar-refractivity contribution in [1.29, 1.82) is 0 Å². The minimum absolute atomic E-state index is 0.969. The lowest BCUT2D eigenvalue weighted by molar-refractivity contribution is 1.15. The number of nitrogens with zero attached hydrogens (tertiary/aromatic N) is 2. The van der Waals surface area contributed by atoms with Crippen molar-refractivity contribution in [3.63, 3.8) is 0 Å². The van der Waals surface area contributed by atoms with Crippen LogP contribution in [0, 0.1) is 0 Å². The van der Waals surface area contributed by atoms with Crippen molar-refractivity contribution in [1.82, 2.24) is 9.97 Å². The van der Waals surface area contributed by atoms with Crippen LogP contribution in [0.5, 0.6) is 0 Å². The number of allylic oxidation sites excluding steroid dienone is 1. The predicted molar refractivity (Wildman–Crippen MR) is 41.4 cm³/mol. The van der Waals surface area contributed by atoms with Crippen molar-refractivity contribution in [2.24, 2.45) is 0 Å². The largest absolute Gasteiger partial charge is 0.245 e. The van der Waals surface area contributed by atoms with Gasteiger partial charge in [-0.1, -0.05) is 13.0 Å². The van der Waals surface area contributed by atoms with E-state index in [0.29, 0.717) is 0 Å². The molecule has 0 bridgehead atoms. The molecule has 0 saturated carbocycles. The van der Waals surface area contributed by atoms with E-state index < -0.39 is 0 Å². The summed E-state index contributed by atoms with van der Waals surface area (Å²) >= 11 is 0. The molecule has 0 aliphatic heterocycles. The van der Waals surface area contributed by atoms with Crippen LogP contribution in [0.1, 0.15) is 19.0 Å². The first-order chi connectivity index (χ1) is 4.93. The van der Waals surface area contributed by atoms with Crippen molar-refractivity contribution in [2.45, 2.75) is 13.3 Å². The zero-order valence-corrected chi connectivity index (χ0v) is 5.99. The maximum Gasteiger partial charge on any atom is 0.115 e. The first-order valence-corrected chi connectivity index (χ1v) is 3.36. The molecule has 2 heteroatoms. The highest BCUT2D eigenvalue weighted by Crippen LogP contribution is 1.94. The molecule has 1 aromatic rings. The molecule has 0 aliphatic carbocycles. The summed E-state index contributed by atoms with van der Waals surface area (Å²) in [4.78, 5) is 7.83. The minimum Gasteiger partial charge on any atom is -0.245 e. The summed E-state index contributed by atoms with van der Waals surface area (Å²) in [6.07, 6.45) is 8.39. The smallest absolute Gasteiger partial charge is 0.115 e. The number of aromatic nitrogens is 2. The predicted octanol–water partition coefficient (Wildman–Crippen LogP) is 1.90. The van der Waals surface area contributed by atoms with Crippen LogP contribution in [0.25, 0.3) is 6.08 Å². The Morgan fingerprint density at radius 1 is 1.60 bits per heavy atom. The van der Waals surface area contributed by atoms with E-state index in [-0.39, 0.29) is 0 Å². The Hall–Kier alpha value is -1.18. The minimum atomic E-state index is 0.969. The molecule has 1 heterocycles. The van der Waals surface area contributed by atoms with Crippen LogP contribution in [0.4, 0.5) is 0 Å². The summed E-state index contributed by atoms with van der Waals surface area (Å²) < 4.78 is 0. The molecule has 0 amide bonds. The normalized spacial score (nSPS) is 10.5. The maximum atomic E-state index is 4.02. The quantitative estimate of drug-likeness (QED) is 0.617. The molecule has 0 radical (unpaired) electrons. The van der Waals surface area contributed by atoms with Gasteiger partial charge in [-0.15, -0.1) is 0 Å². The lowest BCUT2D eigenvalue weighted by Crippen LogP contribution is -1.78. The molecule has 10 heavy (non-hydrogen) atoms. The monoisotopic (exact) mass is 134 g/mol. The summed E-state index contributed by atoms with van der Waals surface area (Å²) in [6, 6.07) is 1.88. The maximum absolute atomic E-state index is 4.02. The summed E-state index contributed by atoms with van der Waals surface area (Å²) in [7, 11) is 0. The first-order valence-electron chi connectivity index (χ1n) is 3.36.